The number of methoxy groups -OCH3 is 1. The van der Waals surface area contributed by atoms with Gasteiger partial charge in [-0.1, -0.05) is 0 Å². The molecule has 0 radical (unpaired) electrons. The van der Waals surface area contributed by atoms with Gasteiger partial charge in [0.2, 0.25) is 15.9 Å². The molecule has 1 unspecified atom stereocenters. The summed E-state index contributed by atoms with van der Waals surface area (Å²) in [4.78, 5) is 12.6. The smallest absolute Gasteiger partial charge is 0.240 e. The van der Waals surface area contributed by atoms with Crippen LogP contribution in [0.1, 0.15) is 6.92 Å². The average Bonchev–Trinajstić information content (AvgIpc) is 2.39. The number of sulfonamides is 1. The van der Waals surface area contributed by atoms with Gasteiger partial charge in [0.25, 0.3) is 0 Å². The fourth-order valence-electron chi connectivity index (χ4n) is 1.72. The Bertz CT molecular complexity index is 616. The van der Waals surface area contributed by atoms with E-state index in [-0.39, 0.29) is 22.6 Å². The molecule has 1 aromatic rings. The van der Waals surface area contributed by atoms with E-state index in [1.54, 1.807) is 13.0 Å². The van der Waals surface area contributed by atoms with E-state index in [0.29, 0.717) is 12.3 Å². The van der Waals surface area contributed by atoms with Gasteiger partial charge in [-0.05, 0) is 25.1 Å². The molecule has 0 aromatic heterocycles. The maximum absolute atomic E-state index is 12.1. The third kappa shape index (κ3) is 3.32. The largest absolute Gasteiger partial charge is 0.383 e. The number of carbonyl (C=O) groups is 1. The molecule has 0 aliphatic carbocycles. The summed E-state index contributed by atoms with van der Waals surface area (Å²) >= 11 is 1.41. The Hall–Kier alpha value is -1.09. The van der Waals surface area contributed by atoms with Gasteiger partial charge < -0.3 is 10.1 Å². The molecule has 6 nitrogen and oxygen atoms in total. The Balaban J connectivity index is 2.23. The summed E-state index contributed by atoms with van der Waals surface area (Å²) in [5.41, 5.74) is 0.535. The zero-order valence-corrected chi connectivity index (χ0v) is 12.8. The summed E-state index contributed by atoms with van der Waals surface area (Å²) in [5, 5.41) is 2.54. The molecule has 2 rings (SSSR count). The average molecular weight is 316 g/mol. The van der Waals surface area contributed by atoms with Gasteiger partial charge in [0.1, 0.15) is 0 Å². The van der Waals surface area contributed by atoms with Gasteiger partial charge in [-0.25, -0.2) is 13.1 Å². The lowest BCUT2D eigenvalue weighted by Crippen LogP contribution is -2.29. The summed E-state index contributed by atoms with van der Waals surface area (Å²) in [6.45, 7) is 2.31. The lowest BCUT2D eigenvalue weighted by atomic mass is 10.3. The molecule has 0 spiro atoms. The quantitative estimate of drug-likeness (QED) is 0.793. The van der Waals surface area contributed by atoms with Gasteiger partial charge in [-0.2, -0.15) is 0 Å². The number of rotatable bonds is 5. The minimum Gasteiger partial charge on any atom is -0.383 e. The van der Waals surface area contributed by atoms with Crippen LogP contribution in [0.4, 0.5) is 5.69 Å². The highest BCUT2D eigenvalue weighted by atomic mass is 32.2. The molecule has 110 valence electrons. The van der Waals surface area contributed by atoms with E-state index in [1.807, 2.05) is 0 Å². The fourth-order valence-corrected chi connectivity index (χ4v) is 3.69. The molecule has 1 atom stereocenters. The van der Waals surface area contributed by atoms with Crippen LogP contribution in [0.15, 0.2) is 28.0 Å². The molecular formula is C12H16N2O4S2. The lowest BCUT2D eigenvalue weighted by molar-refractivity contribution is -0.115. The van der Waals surface area contributed by atoms with Gasteiger partial charge in [0.15, 0.2) is 0 Å². The second-order valence-corrected chi connectivity index (χ2v) is 7.45. The normalized spacial score (nSPS) is 18.5. The van der Waals surface area contributed by atoms with Crippen molar-refractivity contribution in [2.45, 2.75) is 22.0 Å². The second-order valence-electron chi connectivity index (χ2n) is 4.30. The third-order valence-electron chi connectivity index (χ3n) is 2.79. The molecule has 1 amide bonds. The van der Waals surface area contributed by atoms with Crippen molar-refractivity contribution in [2.75, 3.05) is 25.6 Å². The van der Waals surface area contributed by atoms with Crippen LogP contribution in [0.2, 0.25) is 0 Å². The number of benzene rings is 1. The molecule has 1 aliphatic heterocycles. The molecule has 0 saturated carbocycles. The molecule has 0 fully saturated rings. The molecule has 2 N–H and O–H groups in total. The maximum Gasteiger partial charge on any atom is 0.240 e. The first-order chi connectivity index (χ1) is 9.44. The van der Waals surface area contributed by atoms with Gasteiger partial charge in [0, 0.05) is 18.6 Å². The van der Waals surface area contributed by atoms with E-state index in [1.165, 1.54) is 31.0 Å². The van der Waals surface area contributed by atoms with Gasteiger partial charge in [0.05, 0.1) is 22.4 Å². The number of nitrogens with one attached hydrogen (secondary N) is 2. The summed E-state index contributed by atoms with van der Waals surface area (Å²) in [7, 11) is -2.09. The summed E-state index contributed by atoms with van der Waals surface area (Å²) in [5.74, 6) is -0.121. The Morgan fingerprint density at radius 1 is 1.45 bits per heavy atom. The first kappa shape index (κ1) is 15.3. The SMILES string of the molecule is COCCNS(=O)(=O)c1ccc2c(c1)NC(=O)C(C)S2. The Kier molecular flexibility index (Phi) is 4.69. The highest BCUT2D eigenvalue weighted by molar-refractivity contribution is 8.01. The Labute approximate surface area is 122 Å². The summed E-state index contributed by atoms with van der Waals surface area (Å²) < 4.78 is 31.3. The van der Waals surface area contributed by atoms with Crippen molar-refractivity contribution < 1.29 is 17.9 Å². The van der Waals surface area contributed by atoms with E-state index >= 15 is 0 Å². The van der Waals surface area contributed by atoms with Crippen molar-refractivity contribution in [3.8, 4) is 0 Å². The topological polar surface area (TPSA) is 84.5 Å². The number of ether oxygens (including phenoxy) is 1. The standard InChI is InChI=1S/C12H16N2O4S2/c1-8-12(15)14-10-7-9(3-4-11(10)19-8)20(16,17)13-5-6-18-2/h3-4,7-8,13H,5-6H2,1-2H3,(H,14,15). The van der Waals surface area contributed by atoms with E-state index < -0.39 is 10.0 Å². The van der Waals surface area contributed by atoms with E-state index in [2.05, 4.69) is 10.0 Å². The third-order valence-corrected chi connectivity index (χ3v) is 5.43. The summed E-state index contributed by atoms with van der Waals surface area (Å²) in [6, 6.07) is 4.72. The predicted molar refractivity (Wildman–Crippen MR) is 77.5 cm³/mol. The number of anilines is 1. The first-order valence-electron chi connectivity index (χ1n) is 6.04. The highest BCUT2D eigenvalue weighted by Crippen LogP contribution is 2.36. The molecule has 8 heteroatoms. The number of carbonyl (C=O) groups excluding carboxylic acids is 1. The van der Waals surface area contributed by atoms with Crippen molar-refractivity contribution >= 4 is 33.4 Å². The van der Waals surface area contributed by atoms with Crippen molar-refractivity contribution in [3.05, 3.63) is 18.2 Å². The number of amides is 1. The minimum atomic E-state index is -3.59. The van der Waals surface area contributed by atoms with Gasteiger partial charge in [-0.3, -0.25) is 4.79 Å². The molecule has 0 saturated heterocycles. The van der Waals surface area contributed by atoms with Crippen LogP contribution in [0.5, 0.6) is 0 Å². The number of hydrogen-bond donors (Lipinski definition) is 2. The van der Waals surface area contributed by atoms with Crippen LogP contribution in [0.25, 0.3) is 0 Å². The van der Waals surface area contributed by atoms with Gasteiger partial charge >= 0.3 is 0 Å². The van der Waals surface area contributed by atoms with Crippen LogP contribution in [-0.2, 0) is 19.6 Å². The Morgan fingerprint density at radius 3 is 2.90 bits per heavy atom. The maximum atomic E-state index is 12.1. The van der Waals surface area contributed by atoms with Crippen LogP contribution in [0.3, 0.4) is 0 Å². The molecule has 0 bridgehead atoms. The zero-order valence-electron chi connectivity index (χ0n) is 11.2. The fraction of sp³-hybridized carbons (Fsp3) is 0.417. The summed E-state index contributed by atoms with van der Waals surface area (Å²) in [6.07, 6.45) is 0. The monoisotopic (exact) mass is 316 g/mol. The van der Waals surface area contributed by atoms with Crippen LogP contribution in [-0.4, -0.2) is 39.8 Å². The van der Waals surface area contributed by atoms with E-state index in [4.69, 9.17) is 4.74 Å². The van der Waals surface area contributed by atoms with Crippen LogP contribution in [0, 0.1) is 0 Å². The highest BCUT2D eigenvalue weighted by Gasteiger charge is 2.24. The zero-order chi connectivity index (χ0) is 14.8. The Morgan fingerprint density at radius 2 is 2.20 bits per heavy atom. The van der Waals surface area contributed by atoms with E-state index in [0.717, 1.165) is 4.90 Å². The van der Waals surface area contributed by atoms with Crippen molar-refractivity contribution in [3.63, 3.8) is 0 Å². The van der Waals surface area contributed by atoms with Crippen molar-refractivity contribution in [2.24, 2.45) is 0 Å². The number of hydrogen-bond acceptors (Lipinski definition) is 5. The predicted octanol–water partition coefficient (Wildman–Crippen LogP) is 1.04. The minimum absolute atomic E-state index is 0.121. The molecule has 20 heavy (non-hydrogen) atoms. The number of thioether (sulfide) groups is 1. The van der Waals surface area contributed by atoms with E-state index in [9.17, 15) is 13.2 Å². The van der Waals surface area contributed by atoms with Crippen LogP contribution < -0.4 is 10.0 Å². The molecule has 1 aromatic carbocycles. The molecule has 1 aliphatic rings. The van der Waals surface area contributed by atoms with Crippen LogP contribution >= 0.6 is 11.8 Å². The second kappa shape index (κ2) is 6.13. The number of fused-ring (bicyclic) bond motifs is 1. The van der Waals surface area contributed by atoms with Gasteiger partial charge in [-0.15, -0.1) is 11.8 Å². The van der Waals surface area contributed by atoms with Crippen molar-refractivity contribution in [1.82, 2.24) is 4.72 Å². The molecular weight excluding hydrogens is 300 g/mol. The lowest BCUT2D eigenvalue weighted by Gasteiger charge is -2.21. The molecule has 1 heterocycles. The first-order valence-corrected chi connectivity index (χ1v) is 8.40. The van der Waals surface area contributed by atoms with Crippen molar-refractivity contribution in [1.29, 1.82) is 0 Å².